The van der Waals surface area contributed by atoms with Crippen LogP contribution in [0.1, 0.15) is 32.1 Å². The smallest absolute Gasteiger partial charge is 0.456 e. The Morgan fingerprint density at radius 2 is 1.37 bits per heavy atom. The molecule has 3 atom stereocenters. The van der Waals surface area contributed by atoms with Crippen LogP contribution in [0.25, 0.3) is 0 Å². The summed E-state index contributed by atoms with van der Waals surface area (Å²) in [6.45, 7) is 0. The van der Waals surface area contributed by atoms with Crippen LogP contribution in [0, 0.1) is 17.8 Å². The van der Waals surface area contributed by atoms with Gasteiger partial charge in [-0.1, -0.05) is 0 Å². The molecule has 0 heterocycles. The first-order valence-corrected chi connectivity index (χ1v) is 10.1. The molecule has 4 saturated carbocycles. The van der Waals surface area contributed by atoms with E-state index in [1.807, 2.05) is 0 Å². The summed E-state index contributed by atoms with van der Waals surface area (Å²) in [5.41, 5.74) is -1.95. The molecule has 0 aliphatic heterocycles. The summed E-state index contributed by atoms with van der Waals surface area (Å²) in [7, 11) is -7.44. The van der Waals surface area contributed by atoms with E-state index in [4.69, 9.17) is 4.55 Å². The zero-order valence-electron chi connectivity index (χ0n) is 14.8. The Balaban J connectivity index is 2.11. The second kappa shape index (κ2) is 6.40. The maximum absolute atomic E-state index is 14.0. The highest BCUT2D eigenvalue weighted by Gasteiger charge is 2.90. The number of halogens is 8. The van der Waals surface area contributed by atoms with E-state index in [2.05, 4.69) is 4.74 Å². The van der Waals surface area contributed by atoms with E-state index < -0.39 is 62.7 Å². The van der Waals surface area contributed by atoms with Gasteiger partial charge in [0.25, 0.3) is 10.1 Å². The van der Waals surface area contributed by atoms with E-state index in [0.29, 0.717) is 12.8 Å². The molecule has 0 aromatic heterocycles. The number of aliphatic hydroxyl groups excluding tert-OH is 1. The first-order chi connectivity index (χ1) is 13.3. The Hall–Kier alpha value is -1.22. The summed E-state index contributed by atoms with van der Waals surface area (Å²) < 4.78 is 137. The summed E-state index contributed by atoms with van der Waals surface area (Å²) in [6.07, 6.45) is -15.2. The highest BCUT2D eigenvalue weighted by molar-refractivity contribution is 7.88. The minimum Gasteiger partial charge on any atom is -0.457 e. The van der Waals surface area contributed by atoms with Crippen molar-refractivity contribution < 1.29 is 62.7 Å². The Labute approximate surface area is 164 Å². The minimum absolute atomic E-state index is 0.185. The van der Waals surface area contributed by atoms with Crippen LogP contribution in [0.2, 0.25) is 0 Å². The molecule has 0 aromatic rings. The van der Waals surface area contributed by atoms with Gasteiger partial charge in [-0.3, -0.25) is 4.55 Å². The lowest BCUT2D eigenvalue weighted by molar-refractivity contribution is -0.334. The summed E-state index contributed by atoms with van der Waals surface area (Å²) in [5, 5.41) is 10.1. The number of carbonyl (C=O) groups is 1. The van der Waals surface area contributed by atoms with E-state index in [1.54, 1.807) is 0 Å². The fourth-order valence-electron chi connectivity index (χ4n) is 5.35. The Morgan fingerprint density at radius 3 is 1.73 bits per heavy atom. The van der Waals surface area contributed by atoms with Crippen LogP contribution in [-0.4, -0.2) is 58.8 Å². The number of aliphatic hydroxyl groups is 1. The van der Waals surface area contributed by atoms with Crippen LogP contribution in [0.15, 0.2) is 0 Å². The number of esters is 1. The second-order valence-corrected chi connectivity index (χ2v) is 9.82. The van der Waals surface area contributed by atoms with Gasteiger partial charge in [0.2, 0.25) is 0 Å². The topological polar surface area (TPSA) is 101 Å². The van der Waals surface area contributed by atoms with Crippen molar-refractivity contribution in [2.24, 2.45) is 17.8 Å². The number of rotatable bonds is 4. The number of ether oxygens (including phenoxy) is 1. The first kappa shape index (κ1) is 23.4. The van der Waals surface area contributed by atoms with Gasteiger partial charge in [-0.2, -0.15) is 43.5 Å². The Morgan fingerprint density at radius 1 is 0.900 bits per heavy atom. The maximum atomic E-state index is 14.0. The van der Waals surface area contributed by atoms with Crippen LogP contribution in [0.4, 0.5) is 35.1 Å². The van der Waals surface area contributed by atoms with Gasteiger partial charge in [0, 0.05) is 0 Å². The average Bonchev–Trinajstić information content (AvgIpc) is 2.47. The Kier molecular flexibility index (Phi) is 5.00. The standard InChI is InChI=1S/C15H16F8O6S/c16-13(17,15(21,22)23)12(14(18,19)20,30(26,27)28)10(25)29-11-3-6-1-7(4-11)9(24)8(2-6)5-11/h6-9,24H,1-5H2,(H,26,27,28). The molecule has 0 saturated heterocycles. The van der Waals surface area contributed by atoms with Gasteiger partial charge in [-0.25, -0.2) is 4.79 Å². The van der Waals surface area contributed by atoms with Crippen molar-refractivity contribution in [2.75, 3.05) is 0 Å². The molecule has 15 heteroatoms. The molecule has 3 unspecified atom stereocenters. The molecule has 0 radical (unpaired) electrons. The van der Waals surface area contributed by atoms with Crippen molar-refractivity contribution in [3.05, 3.63) is 0 Å². The number of hydrogen-bond acceptors (Lipinski definition) is 5. The lowest BCUT2D eigenvalue weighted by atomic mass is 9.53. The van der Waals surface area contributed by atoms with Crippen LogP contribution < -0.4 is 0 Å². The van der Waals surface area contributed by atoms with E-state index in [9.17, 15) is 53.4 Å². The maximum Gasteiger partial charge on any atom is 0.456 e. The zero-order valence-corrected chi connectivity index (χ0v) is 15.6. The van der Waals surface area contributed by atoms with Crippen LogP contribution in [0.3, 0.4) is 0 Å². The first-order valence-electron chi connectivity index (χ1n) is 8.69. The quantitative estimate of drug-likeness (QED) is 0.368. The molecule has 30 heavy (non-hydrogen) atoms. The van der Waals surface area contributed by atoms with Gasteiger partial charge < -0.3 is 9.84 Å². The molecule has 0 amide bonds. The predicted octanol–water partition coefficient (Wildman–Crippen LogP) is 2.86. The van der Waals surface area contributed by atoms with Gasteiger partial charge in [0.15, 0.2) is 0 Å². The van der Waals surface area contributed by atoms with Crippen molar-refractivity contribution in [2.45, 2.75) is 66.8 Å². The third kappa shape index (κ3) is 3.02. The second-order valence-electron chi connectivity index (χ2n) is 8.26. The van der Waals surface area contributed by atoms with Crippen molar-refractivity contribution in [1.29, 1.82) is 0 Å². The summed E-state index contributed by atoms with van der Waals surface area (Å²) >= 11 is 0. The van der Waals surface area contributed by atoms with Gasteiger partial charge in [-0.15, -0.1) is 0 Å². The molecule has 4 rings (SSSR count). The minimum atomic E-state index is -7.44. The fourth-order valence-corrected chi connectivity index (χ4v) is 6.34. The third-order valence-corrected chi connectivity index (χ3v) is 7.78. The van der Waals surface area contributed by atoms with Gasteiger partial charge >= 0.3 is 29.0 Å². The highest BCUT2D eigenvalue weighted by Crippen LogP contribution is 2.60. The van der Waals surface area contributed by atoms with E-state index in [-0.39, 0.29) is 25.2 Å². The molecule has 0 spiro atoms. The molecule has 0 aromatic carbocycles. The van der Waals surface area contributed by atoms with Crippen LogP contribution >= 0.6 is 0 Å². The van der Waals surface area contributed by atoms with Crippen molar-refractivity contribution in [1.82, 2.24) is 0 Å². The molecule has 4 aliphatic rings. The SMILES string of the molecule is O=C(OC12CC3CC(C1)C(O)C(C3)C2)C(C(F)(F)F)(C(F)(F)C(F)(F)F)S(=O)(=O)O. The van der Waals surface area contributed by atoms with Gasteiger partial charge in [-0.05, 0) is 49.9 Å². The monoisotopic (exact) mass is 476 g/mol. The van der Waals surface area contributed by atoms with Crippen molar-refractivity contribution in [3.8, 4) is 0 Å². The average molecular weight is 476 g/mol. The molecule has 2 N–H and O–H groups in total. The largest absolute Gasteiger partial charge is 0.457 e. The van der Waals surface area contributed by atoms with Crippen LogP contribution in [0.5, 0.6) is 0 Å². The summed E-state index contributed by atoms with van der Waals surface area (Å²) in [4.78, 5) is 12.3. The summed E-state index contributed by atoms with van der Waals surface area (Å²) in [5.74, 6) is -12.2. The molecule has 4 fully saturated rings. The molecule has 6 nitrogen and oxygen atoms in total. The molecular formula is C15H16F8O6S. The van der Waals surface area contributed by atoms with Crippen LogP contribution in [-0.2, 0) is 19.6 Å². The zero-order chi connectivity index (χ0) is 23.1. The molecule has 174 valence electrons. The number of hydrogen-bond donors (Lipinski definition) is 2. The van der Waals surface area contributed by atoms with E-state index >= 15 is 0 Å². The Bertz CT molecular complexity index is 821. The van der Waals surface area contributed by atoms with Crippen molar-refractivity contribution >= 4 is 16.1 Å². The lowest BCUT2D eigenvalue weighted by Crippen LogP contribution is -2.74. The predicted molar refractivity (Wildman–Crippen MR) is 79.7 cm³/mol. The molecular weight excluding hydrogens is 460 g/mol. The number of carbonyl (C=O) groups excluding carboxylic acids is 1. The lowest BCUT2D eigenvalue weighted by Gasteiger charge is -2.58. The number of alkyl halides is 8. The van der Waals surface area contributed by atoms with E-state index in [0.717, 1.165) is 0 Å². The third-order valence-electron chi connectivity index (χ3n) is 6.35. The van der Waals surface area contributed by atoms with E-state index in [1.165, 1.54) is 0 Å². The van der Waals surface area contributed by atoms with Gasteiger partial charge in [0.1, 0.15) is 5.60 Å². The normalized spacial score (nSPS) is 36.5. The molecule has 4 aliphatic carbocycles. The summed E-state index contributed by atoms with van der Waals surface area (Å²) in [6, 6.07) is 0. The fraction of sp³-hybridized carbons (Fsp3) is 0.933. The van der Waals surface area contributed by atoms with Gasteiger partial charge in [0.05, 0.1) is 6.10 Å². The highest BCUT2D eigenvalue weighted by atomic mass is 32.2. The van der Waals surface area contributed by atoms with Crippen molar-refractivity contribution in [3.63, 3.8) is 0 Å². The molecule has 4 bridgehead atoms.